The van der Waals surface area contributed by atoms with Crippen LogP contribution < -0.4 is 15.6 Å². The summed E-state index contributed by atoms with van der Waals surface area (Å²) >= 11 is 0. The predicted molar refractivity (Wildman–Crippen MR) is 103 cm³/mol. The third-order valence-electron chi connectivity index (χ3n) is 4.67. The summed E-state index contributed by atoms with van der Waals surface area (Å²) in [5.41, 5.74) is 1.60. The topological polar surface area (TPSA) is 46.4 Å². The van der Waals surface area contributed by atoms with Gasteiger partial charge in [0.15, 0.2) is 0 Å². The lowest BCUT2D eigenvalue weighted by Crippen LogP contribution is -2.29. The number of rotatable bonds is 3. The molecular formula is C22H20NO3+. The summed E-state index contributed by atoms with van der Waals surface area (Å²) in [6.07, 6.45) is 0. The van der Waals surface area contributed by atoms with E-state index in [1.165, 1.54) is 0 Å². The minimum atomic E-state index is -0.397. The van der Waals surface area contributed by atoms with Gasteiger partial charge in [-0.3, -0.25) is 0 Å². The highest BCUT2D eigenvalue weighted by molar-refractivity contribution is 5.80. The Labute approximate surface area is 151 Å². The first-order chi connectivity index (χ1) is 12.7. The summed E-state index contributed by atoms with van der Waals surface area (Å²) in [4.78, 5) is 12.4. The third kappa shape index (κ3) is 2.84. The first-order valence-electron chi connectivity index (χ1n) is 8.84. The van der Waals surface area contributed by atoms with Gasteiger partial charge in [0.2, 0.25) is 5.36 Å². The van der Waals surface area contributed by atoms with E-state index in [4.69, 9.17) is 8.83 Å². The minimum Gasteiger partial charge on any atom is -0.456 e. The van der Waals surface area contributed by atoms with Crippen molar-refractivity contribution in [3.05, 3.63) is 76.4 Å². The molecule has 1 aliphatic heterocycles. The van der Waals surface area contributed by atoms with Crippen LogP contribution in [0.25, 0.3) is 33.6 Å². The Balaban J connectivity index is 1.93. The van der Waals surface area contributed by atoms with Crippen molar-refractivity contribution >= 4 is 11.0 Å². The fourth-order valence-corrected chi connectivity index (χ4v) is 3.23. The summed E-state index contributed by atoms with van der Waals surface area (Å²) in [5.74, 6) is 1.26. The van der Waals surface area contributed by atoms with E-state index < -0.39 is 5.63 Å². The average molecular weight is 346 g/mol. The first kappa shape index (κ1) is 16.3. The summed E-state index contributed by atoms with van der Waals surface area (Å²) in [6, 6.07) is 19.2. The molecule has 0 amide bonds. The van der Waals surface area contributed by atoms with E-state index in [1.807, 2.05) is 48.5 Å². The van der Waals surface area contributed by atoms with Gasteiger partial charge >= 0.3 is 5.63 Å². The molecule has 1 aromatic carbocycles. The van der Waals surface area contributed by atoms with Crippen LogP contribution in [0, 0.1) is 0 Å². The highest BCUT2D eigenvalue weighted by atomic mass is 16.4. The Bertz CT molecular complexity index is 1180. The fraction of sp³-hybridized carbons (Fsp3) is 0.182. The van der Waals surface area contributed by atoms with Crippen molar-refractivity contribution in [2.45, 2.75) is 13.8 Å². The van der Waals surface area contributed by atoms with Crippen LogP contribution in [0.15, 0.2) is 74.3 Å². The maximum atomic E-state index is 12.4. The second kappa shape index (κ2) is 6.64. The SMILES string of the molecule is CC[N+](CC)=c1ccc2ccc(-c3cc4ccccc4oc3=O)oc-2c1. The largest absolute Gasteiger partial charge is 0.456 e. The lowest BCUT2D eigenvalue weighted by atomic mass is 10.1. The molecule has 0 fully saturated rings. The van der Waals surface area contributed by atoms with Crippen LogP contribution in [0.1, 0.15) is 13.8 Å². The standard InChI is InChI=1S/C22H20NO3/c1-3-23(4-2)17-11-9-15-10-12-20(25-21(15)14-17)18-13-16-7-5-6-8-19(16)26-22(18)24/h5-14H,3-4H2,1-2H3/q+1. The molecule has 1 aromatic heterocycles. The van der Waals surface area contributed by atoms with Gasteiger partial charge in [0.1, 0.15) is 35.8 Å². The van der Waals surface area contributed by atoms with Crippen molar-refractivity contribution in [2.24, 2.45) is 0 Å². The molecule has 0 saturated heterocycles. The molecule has 0 unspecified atom stereocenters. The predicted octanol–water partition coefficient (Wildman–Crippen LogP) is 3.97. The third-order valence-corrected chi connectivity index (χ3v) is 4.67. The van der Waals surface area contributed by atoms with Gasteiger partial charge in [-0.2, -0.15) is 0 Å². The highest BCUT2D eigenvalue weighted by Crippen LogP contribution is 2.27. The van der Waals surface area contributed by atoms with Crippen molar-refractivity contribution in [3.8, 4) is 22.6 Å². The van der Waals surface area contributed by atoms with E-state index >= 15 is 0 Å². The molecule has 130 valence electrons. The Hall–Kier alpha value is -3.14. The molecule has 0 N–H and O–H groups in total. The highest BCUT2D eigenvalue weighted by Gasteiger charge is 2.14. The van der Waals surface area contributed by atoms with Crippen LogP contribution in [0.4, 0.5) is 0 Å². The van der Waals surface area contributed by atoms with Crippen molar-refractivity contribution in [1.29, 1.82) is 0 Å². The van der Waals surface area contributed by atoms with Crippen molar-refractivity contribution < 1.29 is 8.83 Å². The zero-order valence-electron chi connectivity index (χ0n) is 14.9. The molecule has 0 radical (unpaired) electrons. The second-order valence-corrected chi connectivity index (χ2v) is 6.18. The van der Waals surface area contributed by atoms with Crippen molar-refractivity contribution in [1.82, 2.24) is 4.58 Å². The Morgan fingerprint density at radius 2 is 1.62 bits per heavy atom. The quantitative estimate of drug-likeness (QED) is 0.416. The van der Waals surface area contributed by atoms with Gasteiger partial charge in [0.05, 0.1) is 6.07 Å². The monoisotopic (exact) mass is 346 g/mol. The summed E-state index contributed by atoms with van der Waals surface area (Å²) < 4.78 is 13.8. The maximum Gasteiger partial charge on any atom is 0.347 e. The molecule has 0 spiro atoms. The number of nitrogens with zero attached hydrogens (tertiary/aromatic N) is 1. The van der Waals surface area contributed by atoms with Crippen LogP contribution in [0.2, 0.25) is 0 Å². The molecule has 4 nitrogen and oxygen atoms in total. The smallest absolute Gasteiger partial charge is 0.347 e. The lowest BCUT2D eigenvalue weighted by molar-refractivity contribution is 0.545. The number of fused-ring (bicyclic) bond motifs is 2. The number of para-hydroxylation sites is 1. The zero-order chi connectivity index (χ0) is 18.1. The molecule has 4 rings (SSSR count). The molecule has 26 heavy (non-hydrogen) atoms. The molecule has 2 aliphatic rings. The summed E-state index contributed by atoms with van der Waals surface area (Å²) in [5, 5.41) is 1.98. The van der Waals surface area contributed by atoms with E-state index in [0.717, 1.165) is 35.2 Å². The molecule has 4 heteroatoms. The van der Waals surface area contributed by atoms with E-state index in [1.54, 1.807) is 6.07 Å². The molecule has 2 aromatic rings. The Morgan fingerprint density at radius 3 is 2.42 bits per heavy atom. The number of benzene rings is 2. The number of hydrogen-bond donors (Lipinski definition) is 0. The fourth-order valence-electron chi connectivity index (χ4n) is 3.23. The zero-order valence-corrected chi connectivity index (χ0v) is 14.9. The van der Waals surface area contributed by atoms with E-state index in [2.05, 4.69) is 24.5 Å². The van der Waals surface area contributed by atoms with Crippen LogP contribution in [0.3, 0.4) is 0 Å². The number of hydrogen-bond acceptors (Lipinski definition) is 3. The molecule has 1 aliphatic carbocycles. The van der Waals surface area contributed by atoms with Crippen LogP contribution in [-0.4, -0.2) is 13.1 Å². The first-order valence-corrected chi connectivity index (χ1v) is 8.84. The minimum absolute atomic E-state index is 0.397. The lowest BCUT2D eigenvalue weighted by Gasteiger charge is -2.07. The van der Waals surface area contributed by atoms with E-state index in [0.29, 0.717) is 16.9 Å². The van der Waals surface area contributed by atoms with Gasteiger partial charge in [-0.15, -0.1) is 0 Å². The van der Waals surface area contributed by atoms with Crippen LogP contribution in [0.5, 0.6) is 0 Å². The van der Waals surface area contributed by atoms with Crippen molar-refractivity contribution in [3.63, 3.8) is 0 Å². The molecule has 2 heterocycles. The van der Waals surface area contributed by atoms with Crippen molar-refractivity contribution in [2.75, 3.05) is 13.1 Å². The Morgan fingerprint density at radius 1 is 0.846 bits per heavy atom. The summed E-state index contributed by atoms with van der Waals surface area (Å²) in [6.45, 7) is 6.11. The Kier molecular flexibility index (Phi) is 4.17. The van der Waals surface area contributed by atoms with Gasteiger partial charge in [0.25, 0.3) is 0 Å². The maximum absolute atomic E-state index is 12.4. The van der Waals surface area contributed by atoms with E-state index in [-0.39, 0.29) is 0 Å². The molecule has 0 bridgehead atoms. The van der Waals surface area contributed by atoms with E-state index in [9.17, 15) is 4.79 Å². The normalized spacial score (nSPS) is 11.2. The van der Waals surface area contributed by atoms with Gasteiger partial charge in [-0.1, -0.05) is 18.2 Å². The molecule has 0 atom stereocenters. The van der Waals surface area contributed by atoms with Crippen LogP contribution in [-0.2, 0) is 0 Å². The van der Waals surface area contributed by atoms with Gasteiger partial charge < -0.3 is 8.83 Å². The average Bonchev–Trinajstić information content (AvgIpc) is 2.68. The van der Waals surface area contributed by atoms with Gasteiger partial charge in [-0.05, 0) is 44.2 Å². The van der Waals surface area contributed by atoms with Gasteiger partial charge in [0, 0.05) is 17.0 Å². The molecular weight excluding hydrogens is 326 g/mol. The second-order valence-electron chi connectivity index (χ2n) is 6.18. The summed E-state index contributed by atoms with van der Waals surface area (Å²) in [7, 11) is 0. The molecule has 0 saturated carbocycles. The van der Waals surface area contributed by atoms with Gasteiger partial charge in [-0.25, -0.2) is 9.37 Å². The van der Waals surface area contributed by atoms with Crippen LogP contribution >= 0.6 is 0 Å².